The molecule has 0 spiro atoms. The highest BCUT2D eigenvalue weighted by molar-refractivity contribution is 7.99. The monoisotopic (exact) mass is 304 g/mol. The van der Waals surface area contributed by atoms with Gasteiger partial charge in [-0.1, -0.05) is 13.8 Å². The van der Waals surface area contributed by atoms with E-state index >= 15 is 0 Å². The molecule has 0 saturated carbocycles. The van der Waals surface area contributed by atoms with E-state index in [1.165, 1.54) is 0 Å². The highest BCUT2D eigenvalue weighted by Crippen LogP contribution is 2.14. The third-order valence-electron chi connectivity index (χ3n) is 2.30. The average molecular weight is 305 g/mol. The summed E-state index contributed by atoms with van der Waals surface area (Å²) < 4.78 is 5.37. The fraction of sp³-hybridized carbons (Fsp3) is 0.750. The molecule has 0 amide bonds. The molecule has 0 aliphatic carbocycles. The van der Waals surface area contributed by atoms with Gasteiger partial charge in [0.2, 0.25) is 11.2 Å². The molecule has 1 unspecified atom stereocenters. The lowest BCUT2D eigenvalue weighted by atomic mass is 10.3. The Morgan fingerprint density at radius 2 is 2.11 bits per heavy atom. The van der Waals surface area contributed by atoms with Gasteiger partial charge in [0.25, 0.3) is 0 Å². The van der Waals surface area contributed by atoms with Crippen molar-refractivity contribution >= 4 is 29.3 Å². The molecule has 0 aliphatic rings. The maximum absolute atomic E-state index is 5.85. The molecule has 19 heavy (non-hydrogen) atoms. The number of thioether (sulfide) groups is 1. The average Bonchev–Trinajstić information content (AvgIpc) is 2.36. The van der Waals surface area contributed by atoms with E-state index in [1.807, 2.05) is 18.7 Å². The second-order valence-corrected chi connectivity index (χ2v) is 5.82. The minimum absolute atomic E-state index is 0.152. The molecule has 1 aromatic rings. The Bertz CT molecular complexity index is 381. The highest BCUT2D eigenvalue weighted by atomic mass is 35.5. The van der Waals surface area contributed by atoms with Crippen molar-refractivity contribution in [2.24, 2.45) is 0 Å². The van der Waals surface area contributed by atoms with Crippen LogP contribution in [0.15, 0.2) is 0 Å². The van der Waals surface area contributed by atoms with Gasteiger partial charge in [-0.2, -0.15) is 26.7 Å². The number of hydrogen-bond donors (Lipinski definition) is 1. The Balaban J connectivity index is 2.54. The first-order valence-electron chi connectivity index (χ1n) is 6.54. The number of ether oxygens (including phenoxy) is 1. The number of halogens is 1. The van der Waals surface area contributed by atoms with E-state index in [9.17, 15) is 0 Å². The van der Waals surface area contributed by atoms with Gasteiger partial charge >= 0.3 is 6.01 Å². The predicted molar refractivity (Wildman–Crippen MR) is 81.3 cm³/mol. The molecule has 0 fully saturated rings. The van der Waals surface area contributed by atoms with Crippen molar-refractivity contribution in [3.63, 3.8) is 0 Å². The second kappa shape index (κ2) is 9.20. The number of aromatic nitrogens is 3. The van der Waals surface area contributed by atoms with Crippen LogP contribution in [0, 0.1) is 0 Å². The van der Waals surface area contributed by atoms with Gasteiger partial charge in [-0.3, -0.25) is 0 Å². The van der Waals surface area contributed by atoms with Crippen molar-refractivity contribution in [1.82, 2.24) is 15.0 Å². The lowest BCUT2D eigenvalue weighted by Crippen LogP contribution is -2.18. The van der Waals surface area contributed by atoms with Crippen molar-refractivity contribution in [2.45, 2.75) is 39.7 Å². The molecule has 0 saturated heterocycles. The second-order valence-electron chi connectivity index (χ2n) is 4.09. The molecule has 7 heteroatoms. The van der Waals surface area contributed by atoms with Gasteiger partial charge in [0, 0.05) is 6.04 Å². The lowest BCUT2D eigenvalue weighted by molar-refractivity contribution is 0.291. The molecule has 5 nitrogen and oxygen atoms in total. The van der Waals surface area contributed by atoms with Crippen LogP contribution >= 0.6 is 23.4 Å². The minimum atomic E-state index is 0.152. The summed E-state index contributed by atoms with van der Waals surface area (Å²) in [7, 11) is 0. The normalized spacial score (nSPS) is 12.2. The smallest absolute Gasteiger partial charge is 0.322 e. The first kappa shape index (κ1) is 16.3. The predicted octanol–water partition coefficient (Wildman–Crippen LogP) is 3.26. The van der Waals surface area contributed by atoms with E-state index in [2.05, 4.69) is 34.1 Å². The van der Waals surface area contributed by atoms with E-state index in [0.29, 0.717) is 12.6 Å². The summed E-state index contributed by atoms with van der Waals surface area (Å²) in [5.74, 6) is 2.72. The summed E-state index contributed by atoms with van der Waals surface area (Å²) in [5, 5.41) is 3.37. The Kier molecular flexibility index (Phi) is 7.90. The van der Waals surface area contributed by atoms with Crippen molar-refractivity contribution in [3.05, 3.63) is 5.28 Å². The molecule has 108 valence electrons. The van der Waals surface area contributed by atoms with Crippen molar-refractivity contribution in [3.8, 4) is 6.01 Å². The van der Waals surface area contributed by atoms with Crippen LogP contribution in [-0.2, 0) is 0 Å². The zero-order valence-corrected chi connectivity index (χ0v) is 13.2. The van der Waals surface area contributed by atoms with E-state index in [0.717, 1.165) is 24.3 Å². The topological polar surface area (TPSA) is 59.9 Å². The highest BCUT2D eigenvalue weighted by Gasteiger charge is 2.08. The Morgan fingerprint density at radius 3 is 2.79 bits per heavy atom. The Labute approximate surface area is 123 Å². The molecule has 0 aromatic carbocycles. The molecule has 0 aliphatic heterocycles. The molecule has 0 radical (unpaired) electrons. The Hall–Kier alpha value is -0.750. The van der Waals surface area contributed by atoms with E-state index in [4.69, 9.17) is 16.3 Å². The quantitative estimate of drug-likeness (QED) is 0.707. The van der Waals surface area contributed by atoms with Crippen LogP contribution < -0.4 is 10.1 Å². The molecule has 0 bridgehead atoms. The van der Waals surface area contributed by atoms with Gasteiger partial charge in [0.1, 0.15) is 0 Å². The van der Waals surface area contributed by atoms with Crippen LogP contribution in [0.25, 0.3) is 0 Å². The molecule has 1 atom stereocenters. The SMILES string of the molecule is CCCOc1nc(Cl)nc(NC(C)CCSCC)n1. The largest absolute Gasteiger partial charge is 0.463 e. The number of anilines is 1. The molecule has 1 N–H and O–H groups in total. The van der Waals surface area contributed by atoms with Crippen LogP contribution in [0.3, 0.4) is 0 Å². The van der Waals surface area contributed by atoms with Gasteiger partial charge in [-0.05, 0) is 42.9 Å². The first-order chi connectivity index (χ1) is 9.15. The van der Waals surface area contributed by atoms with Crippen LogP contribution in [0.5, 0.6) is 6.01 Å². The summed E-state index contributed by atoms with van der Waals surface area (Å²) in [4.78, 5) is 12.2. The summed E-state index contributed by atoms with van der Waals surface area (Å²) >= 11 is 7.77. The van der Waals surface area contributed by atoms with Crippen LogP contribution in [0.1, 0.15) is 33.6 Å². The molecule has 1 rings (SSSR count). The maximum Gasteiger partial charge on any atom is 0.322 e. The van der Waals surface area contributed by atoms with E-state index in [-0.39, 0.29) is 17.3 Å². The summed E-state index contributed by atoms with van der Waals surface area (Å²) in [5.41, 5.74) is 0. The summed E-state index contributed by atoms with van der Waals surface area (Å²) in [6.45, 7) is 6.85. The van der Waals surface area contributed by atoms with E-state index in [1.54, 1.807) is 0 Å². The number of nitrogens with zero attached hydrogens (tertiary/aromatic N) is 3. The number of nitrogens with one attached hydrogen (secondary N) is 1. The van der Waals surface area contributed by atoms with Crippen LogP contribution in [0.4, 0.5) is 5.95 Å². The van der Waals surface area contributed by atoms with Crippen LogP contribution in [0.2, 0.25) is 5.28 Å². The van der Waals surface area contributed by atoms with Gasteiger partial charge in [-0.25, -0.2) is 0 Å². The van der Waals surface area contributed by atoms with Gasteiger partial charge in [0.15, 0.2) is 0 Å². The zero-order chi connectivity index (χ0) is 14.1. The number of rotatable bonds is 9. The van der Waals surface area contributed by atoms with E-state index < -0.39 is 0 Å². The molecule has 1 heterocycles. The summed E-state index contributed by atoms with van der Waals surface area (Å²) in [6.07, 6.45) is 1.95. The van der Waals surface area contributed by atoms with Crippen LogP contribution in [-0.4, -0.2) is 39.1 Å². The lowest BCUT2D eigenvalue weighted by Gasteiger charge is -2.13. The van der Waals surface area contributed by atoms with Gasteiger partial charge in [0.05, 0.1) is 6.61 Å². The maximum atomic E-state index is 5.85. The van der Waals surface area contributed by atoms with Crippen molar-refractivity contribution in [1.29, 1.82) is 0 Å². The van der Waals surface area contributed by atoms with Crippen molar-refractivity contribution in [2.75, 3.05) is 23.4 Å². The third-order valence-corrected chi connectivity index (χ3v) is 3.40. The summed E-state index contributed by atoms with van der Waals surface area (Å²) in [6, 6.07) is 0.566. The molecular weight excluding hydrogens is 284 g/mol. The first-order valence-corrected chi connectivity index (χ1v) is 8.07. The fourth-order valence-corrected chi connectivity index (χ4v) is 2.31. The minimum Gasteiger partial charge on any atom is -0.463 e. The van der Waals surface area contributed by atoms with Gasteiger partial charge < -0.3 is 10.1 Å². The fourth-order valence-electron chi connectivity index (χ4n) is 1.35. The third kappa shape index (κ3) is 6.82. The molecule has 1 aromatic heterocycles. The zero-order valence-electron chi connectivity index (χ0n) is 11.6. The number of hydrogen-bond acceptors (Lipinski definition) is 6. The van der Waals surface area contributed by atoms with Gasteiger partial charge in [-0.15, -0.1) is 0 Å². The Morgan fingerprint density at radius 1 is 1.32 bits per heavy atom. The standard InChI is InChI=1S/C12H21ClN4OS/c1-4-7-18-12-16-10(13)15-11(17-12)14-9(3)6-8-19-5-2/h9H,4-8H2,1-3H3,(H,14,15,16,17). The van der Waals surface area contributed by atoms with Crippen molar-refractivity contribution < 1.29 is 4.74 Å². The molecular formula is C12H21ClN4OS.